The van der Waals surface area contributed by atoms with E-state index in [1.165, 1.54) is 0 Å². The van der Waals surface area contributed by atoms with Gasteiger partial charge in [-0.2, -0.15) is 10.2 Å². The van der Waals surface area contributed by atoms with E-state index in [4.69, 9.17) is 0 Å². The number of nitrogens with zero attached hydrogens (tertiary/aromatic N) is 12. The number of rotatable bonds is 8. The van der Waals surface area contributed by atoms with Gasteiger partial charge in [-0.05, 0) is 112 Å². The summed E-state index contributed by atoms with van der Waals surface area (Å²) in [7, 11) is 0. The molecule has 12 nitrogen and oxygen atoms in total. The Hall–Kier alpha value is -7.50. The largest absolute Gasteiger partial charge is 0.290 e. The Morgan fingerprint density at radius 1 is 0.515 bits per heavy atom. The van der Waals surface area contributed by atoms with Gasteiger partial charge in [-0.25, -0.2) is 65.6 Å². The molecule has 0 N–H and O–H groups in total. The molecule has 0 saturated heterocycles. The summed E-state index contributed by atoms with van der Waals surface area (Å²) in [6.45, 7) is 9.00. The molecule has 0 amide bonds. The van der Waals surface area contributed by atoms with Crippen LogP contribution in [0, 0.1) is 62.6 Å². The Kier molecular flexibility index (Phi) is 12.0. The molecule has 0 fully saturated rings. The van der Waals surface area contributed by atoms with Crippen molar-refractivity contribution in [2.45, 2.75) is 78.3 Å². The van der Waals surface area contributed by atoms with Crippen LogP contribution in [-0.4, -0.2) is 58.6 Å². The monoisotopic (exact) mass is 900 g/mol. The summed E-state index contributed by atoms with van der Waals surface area (Å²) >= 11 is 0. The fraction of sp³-hybridized carbons (Fsp3) is 0.250. The zero-order valence-electron chi connectivity index (χ0n) is 36.3. The van der Waals surface area contributed by atoms with E-state index in [0.717, 1.165) is 45.3 Å². The maximum Gasteiger partial charge on any atom is 0.174 e. The molecule has 0 radical (unpaired) electrons. The van der Waals surface area contributed by atoms with E-state index in [1.54, 1.807) is 46.6 Å². The van der Waals surface area contributed by atoms with Crippen molar-refractivity contribution < 1.29 is 26.3 Å². The third kappa shape index (κ3) is 9.07. The highest BCUT2D eigenvalue weighted by Crippen LogP contribution is 2.37. The topological polar surface area (TPSA) is 123 Å². The molecule has 10 rings (SSSR count). The molecule has 336 valence electrons. The first-order valence-corrected chi connectivity index (χ1v) is 21.3. The second-order valence-corrected chi connectivity index (χ2v) is 16.4. The number of benzene rings is 2. The van der Waals surface area contributed by atoms with E-state index < -0.39 is 46.7 Å². The maximum atomic E-state index is 14.4. The SMILES string of the molecule is Cc1cn(-c2ncc(/C=C/c3nc4n(n3)CCC[C@@H]4c3c(F)cc(F)cc3F)cc2C)cn1.Cc1cn(-c2ncc(/C=C/c3nc4n(n3)CCC[C@H]4c3c(F)cc(F)cc3F)cc2C)cn1. The fourth-order valence-corrected chi connectivity index (χ4v) is 8.52. The first-order valence-electron chi connectivity index (χ1n) is 21.3. The molecular weight excluding hydrogens is 859 g/mol. The highest BCUT2D eigenvalue weighted by Gasteiger charge is 2.32. The molecule has 2 aliphatic heterocycles. The molecule has 8 heterocycles. The number of fused-ring (bicyclic) bond motifs is 2. The minimum Gasteiger partial charge on any atom is -0.290 e. The molecular formula is C48H42F6N12. The van der Waals surface area contributed by atoms with Crippen LogP contribution in [0.3, 0.4) is 0 Å². The predicted molar refractivity (Wildman–Crippen MR) is 234 cm³/mol. The van der Waals surface area contributed by atoms with Crippen LogP contribution < -0.4 is 0 Å². The minimum absolute atomic E-state index is 0.162. The fourth-order valence-electron chi connectivity index (χ4n) is 8.52. The van der Waals surface area contributed by atoms with Crippen molar-refractivity contribution in [3.05, 3.63) is 177 Å². The summed E-state index contributed by atoms with van der Waals surface area (Å²) in [4.78, 5) is 26.6. The molecule has 2 aliphatic rings. The molecule has 2 aromatic carbocycles. The van der Waals surface area contributed by atoms with Crippen LogP contribution in [0.2, 0.25) is 0 Å². The van der Waals surface area contributed by atoms with Crippen LogP contribution in [-0.2, 0) is 13.1 Å². The van der Waals surface area contributed by atoms with Crippen molar-refractivity contribution in [1.29, 1.82) is 0 Å². The van der Waals surface area contributed by atoms with Crippen molar-refractivity contribution in [3.8, 4) is 11.6 Å². The van der Waals surface area contributed by atoms with E-state index >= 15 is 0 Å². The van der Waals surface area contributed by atoms with E-state index in [9.17, 15) is 26.3 Å². The Bertz CT molecular complexity index is 2900. The van der Waals surface area contributed by atoms with Gasteiger partial charge in [0.15, 0.2) is 11.6 Å². The molecule has 0 aliphatic carbocycles. The number of hydrogen-bond acceptors (Lipinski definition) is 8. The average molecular weight is 901 g/mol. The number of halogens is 6. The van der Waals surface area contributed by atoms with Gasteiger partial charge in [-0.15, -0.1) is 0 Å². The van der Waals surface area contributed by atoms with Gasteiger partial charge in [0.05, 0.1) is 11.4 Å². The molecule has 0 unspecified atom stereocenters. The summed E-state index contributed by atoms with van der Waals surface area (Å²) in [5, 5.41) is 8.95. The van der Waals surface area contributed by atoms with Gasteiger partial charge in [0, 0.05) is 85.1 Å². The first kappa shape index (κ1) is 43.7. The van der Waals surface area contributed by atoms with Crippen LogP contribution in [0.1, 0.15) is 106 Å². The zero-order chi connectivity index (χ0) is 46.2. The number of aryl methyl sites for hydroxylation is 6. The zero-order valence-corrected chi connectivity index (χ0v) is 36.3. The molecule has 66 heavy (non-hydrogen) atoms. The van der Waals surface area contributed by atoms with Crippen LogP contribution in [0.5, 0.6) is 0 Å². The second kappa shape index (κ2) is 18.2. The van der Waals surface area contributed by atoms with Crippen LogP contribution >= 0.6 is 0 Å². The number of aromatic nitrogens is 12. The lowest BCUT2D eigenvalue weighted by Gasteiger charge is -2.23. The number of imidazole rings is 2. The molecule has 2 atom stereocenters. The van der Waals surface area contributed by atoms with Crippen molar-refractivity contribution in [3.63, 3.8) is 0 Å². The van der Waals surface area contributed by atoms with Crippen LogP contribution in [0.25, 0.3) is 35.9 Å². The van der Waals surface area contributed by atoms with Gasteiger partial charge in [-0.1, -0.05) is 0 Å². The molecule has 0 saturated carbocycles. The average Bonchev–Trinajstić information content (AvgIpc) is 4.09. The summed E-state index contributed by atoms with van der Waals surface area (Å²) in [5.74, 6) is -3.28. The van der Waals surface area contributed by atoms with Crippen molar-refractivity contribution in [2.24, 2.45) is 0 Å². The molecule has 18 heteroatoms. The highest BCUT2D eigenvalue weighted by atomic mass is 19.2. The molecule has 6 aromatic heterocycles. The lowest BCUT2D eigenvalue weighted by atomic mass is 9.90. The Morgan fingerprint density at radius 2 is 0.909 bits per heavy atom. The Morgan fingerprint density at radius 3 is 1.26 bits per heavy atom. The Labute approximate surface area is 375 Å². The van der Waals surface area contributed by atoms with Crippen molar-refractivity contribution in [1.82, 2.24) is 58.6 Å². The lowest BCUT2D eigenvalue weighted by molar-refractivity contribution is 0.420. The number of pyridine rings is 2. The van der Waals surface area contributed by atoms with Crippen LogP contribution in [0.15, 0.2) is 73.8 Å². The third-order valence-corrected chi connectivity index (χ3v) is 11.5. The van der Waals surface area contributed by atoms with Crippen molar-refractivity contribution >= 4 is 24.3 Å². The summed E-state index contributed by atoms with van der Waals surface area (Å²) in [6, 6.07) is 6.82. The van der Waals surface area contributed by atoms with Gasteiger partial charge < -0.3 is 0 Å². The van der Waals surface area contributed by atoms with Gasteiger partial charge in [-0.3, -0.25) is 9.13 Å². The van der Waals surface area contributed by atoms with Gasteiger partial charge >= 0.3 is 0 Å². The van der Waals surface area contributed by atoms with E-state index in [1.807, 2.05) is 73.5 Å². The van der Waals surface area contributed by atoms with E-state index in [0.29, 0.717) is 86.3 Å². The Balaban J connectivity index is 0.000000166. The third-order valence-electron chi connectivity index (χ3n) is 11.5. The van der Waals surface area contributed by atoms with E-state index in [2.05, 4.69) is 40.1 Å². The number of hydrogen-bond donors (Lipinski definition) is 0. The molecule has 8 aromatic rings. The standard InChI is InChI=1S/2C24H21F3N6/c2*1-14-8-16(11-28-23(14)32-12-15(2)29-13-32)5-6-21-30-24-18(4-3-7-33(24)31-21)22-19(26)9-17(25)10-20(22)27/h2*5-6,8-13,18H,3-4,7H2,1-2H3/b2*6-5+/t2*18-/m10/s1. The summed E-state index contributed by atoms with van der Waals surface area (Å²) in [5.41, 5.74) is 5.20. The molecule has 0 spiro atoms. The molecule has 0 bridgehead atoms. The van der Waals surface area contributed by atoms with Crippen LogP contribution in [0.4, 0.5) is 26.3 Å². The van der Waals surface area contributed by atoms with Crippen molar-refractivity contribution in [2.75, 3.05) is 0 Å². The highest BCUT2D eigenvalue weighted by molar-refractivity contribution is 5.68. The summed E-state index contributed by atoms with van der Waals surface area (Å²) < 4.78 is 91.4. The van der Waals surface area contributed by atoms with E-state index in [-0.39, 0.29) is 11.1 Å². The van der Waals surface area contributed by atoms with Gasteiger partial charge in [0.2, 0.25) is 0 Å². The maximum absolute atomic E-state index is 14.4. The quantitative estimate of drug-likeness (QED) is 0.138. The minimum atomic E-state index is -0.937. The van der Waals surface area contributed by atoms with Gasteiger partial charge in [0.25, 0.3) is 0 Å². The second-order valence-electron chi connectivity index (χ2n) is 16.4. The van der Waals surface area contributed by atoms with Gasteiger partial charge in [0.1, 0.15) is 70.8 Å². The smallest absolute Gasteiger partial charge is 0.174 e. The summed E-state index contributed by atoms with van der Waals surface area (Å²) in [6.07, 6.45) is 20.4. The predicted octanol–water partition coefficient (Wildman–Crippen LogP) is 9.98. The lowest BCUT2D eigenvalue weighted by Crippen LogP contribution is -2.20. The first-order chi connectivity index (χ1) is 31.8. The normalized spacial score (nSPS) is 15.8.